The van der Waals surface area contributed by atoms with Crippen molar-refractivity contribution in [3.8, 4) is 17.3 Å². The number of hydrogen-bond donors (Lipinski definition) is 1. The van der Waals surface area contributed by atoms with Gasteiger partial charge in [-0.15, -0.1) is 0 Å². The fourth-order valence-electron chi connectivity index (χ4n) is 2.47. The summed E-state index contributed by atoms with van der Waals surface area (Å²) in [6.45, 7) is 0. The van der Waals surface area contributed by atoms with E-state index in [0.717, 1.165) is 12.1 Å². The Hall–Kier alpha value is -3.27. The second kappa shape index (κ2) is 5.42. The van der Waals surface area contributed by atoms with E-state index < -0.39 is 17.7 Å². The molecular weight excluding hydrogens is 321 g/mol. The number of alkyl halides is 3. The quantitative estimate of drug-likeness (QED) is 0.766. The molecule has 3 aromatic rings. The van der Waals surface area contributed by atoms with Crippen molar-refractivity contribution in [2.45, 2.75) is 6.18 Å². The van der Waals surface area contributed by atoms with Crippen molar-refractivity contribution in [3.05, 3.63) is 65.4 Å². The molecule has 0 aliphatic carbocycles. The van der Waals surface area contributed by atoms with Crippen LogP contribution in [0.5, 0.6) is 0 Å². The molecule has 0 saturated carbocycles. The molecule has 0 fully saturated rings. The standard InChI is InChI=1S/C17H9F3N2O2/c18-17(19,20)13-5-6-22-14(7-12(9-21)15(22)8-13)10-1-3-11(4-2-10)16(23)24/h1-8H,(H,23,24). The van der Waals surface area contributed by atoms with Gasteiger partial charge in [-0.25, -0.2) is 4.79 Å². The molecule has 120 valence electrons. The molecule has 0 aliphatic heterocycles. The smallest absolute Gasteiger partial charge is 0.416 e. The first-order valence-electron chi connectivity index (χ1n) is 6.77. The zero-order valence-corrected chi connectivity index (χ0v) is 12.0. The molecule has 0 atom stereocenters. The minimum atomic E-state index is -4.50. The minimum absolute atomic E-state index is 0.0967. The molecule has 1 aromatic carbocycles. The summed E-state index contributed by atoms with van der Waals surface area (Å²) >= 11 is 0. The predicted octanol–water partition coefficient (Wildman–Crippen LogP) is 4.19. The van der Waals surface area contributed by atoms with E-state index in [9.17, 15) is 23.2 Å². The Labute approximate surface area is 134 Å². The fraction of sp³-hybridized carbons (Fsp3) is 0.0588. The van der Waals surface area contributed by atoms with E-state index in [1.165, 1.54) is 28.8 Å². The van der Waals surface area contributed by atoms with Crippen LogP contribution in [0.15, 0.2) is 48.7 Å². The third-order valence-corrected chi connectivity index (χ3v) is 3.65. The molecular formula is C17H9F3N2O2. The molecule has 0 amide bonds. The lowest BCUT2D eigenvalue weighted by atomic mass is 10.1. The zero-order valence-electron chi connectivity index (χ0n) is 12.0. The van der Waals surface area contributed by atoms with Crippen LogP contribution in [0.2, 0.25) is 0 Å². The number of aromatic carboxylic acids is 1. The Balaban J connectivity index is 2.19. The number of fused-ring (bicyclic) bond motifs is 1. The van der Waals surface area contributed by atoms with Crippen LogP contribution in [0.4, 0.5) is 13.2 Å². The molecule has 2 aromatic heterocycles. The lowest BCUT2D eigenvalue weighted by Gasteiger charge is -2.08. The summed E-state index contributed by atoms with van der Waals surface area (Å²) in [5, 5.41) is 18.1. The molecule has 0 unspecified atom stereocenters. The van der Waals surface area contributed by atoms with Gasteiger partial charge in [0.15, 0.2) is 0 Å². The van der Waals surface area contributed by atoms with Crippen LogP contribution >= 0.6 is 0 Å². The van der Waals surface area contributed by atoms with E-state index in [-0.39, 0.29) is 16.6 Å². The fourth-order valence-corrected chi connectivity index (χ4v) is 2.47. The Bertz CT molecular complexity index is 980. The monoisotopic (exact) mass is 330 g/mol. The lowest BCUT2D eigenvalue weighted by Crippen LogP contribution is -2.05. The average Bonchev–Trinajstić information content (AvgIpc) is 2.92. The van der Waals surface area contributed by atoms with Gasteiger partial charge in [0, 0.05) is 6.20 Å². The first kappa shape index (κ1) is 15.6. The Morgan fingerprint density at radius 2 is 1.79 bits per heavy atom. The van der Waals surface area contributed by atoms with Crippen LogP contribution in [0.25, 0.3) is 16.8 Å². The van der Waals surface area contributed by atoms with Crippen molar-refractivity contribution in [1.29, 1.82) is 5.26 Å². The van der Waals surface area contributed by atoms with Gasteiger partial charge < -0.3 is 9.51 Å². The van der Waals surface area contributed by atoms with Gasteiger partial charge in [0.25, 0.3) is 0 Å². The van der Waals surface area contributed by atoms with Crippen LogP contribution < -0.4 is 0 Å². The SMILES string of the molecule is N#Cc1cc(-c2ccc(C(=O)O)cc2)n2ccc(C(F)(F)F)cc12. The highest BCUT2D eigenvalue weighted by Crippen LogP contribution is 2.33. The summed E-state index contributed by atoms with van der Waals surface area (Å²) in [4.78, 5) is 10.9. The van der Waals surface area contributed by atoms with Gasteiger partial charge in [-0.2, -0.15) is 18.4 Å². The van der Waals surface area contributed by atoms with Crippen LogP contribution in [-0.2, 0) is 6.18 Å². The van der Waals surface area contributed by atoms with Crippen molar-refractivity contribution in [2.75, 3.05) is 0 Å². The molecule has 24 heavy (non-hydrogen) atoms. The topological polar surface area (TPSA) is 65.5 Å². The third kappa shape index (κ3) is 2.58. The Morgan fingerprint density at radius 3 is 2.33 bits per heavy atom. The normalized spacial score (nSPS) is 11.4. The second-order valence-corrected chi connectivity index (χ2v) is 5.11. The summed E-state index contributed by atoms with van der Waals surface area (Å²) in [5.41, 5.74) is 0.614. The van der Waals surface area contributed by atoms with Crippen LogP contribution in [0.1, 0.15) is 21.5 Å². The van der Waals surface area contributed by atoms with Gasteiger partial charge in [0.1, 0.15) is 6.07 Å². The summed E-state index contributed by atoms with van der Waals surface area (Å²) in [6, 6.07) is 11.1. The van der Waals surface area contributed by atoms with Crippen LogP contribution in [-0.4, -0.2) is 15.5 Å². The number of benzene rings is 1. The average molecular weight is 330 g/mol. The Morgan fingerprint density at radius 1 is 1.12 bits per heavy atom. The summed E-state index contributed by atoms with van der Waals surface area (Å²) in [5.74, 6) is -1.07. The number of pyridine rings is 1. The highest BCUT2D eigenvalue weighted by Gasteiger charge is 2.31. The molecule has 3 rings (SSSR count). The zero-order chi connectivity index (χ0) is 17.5. The van der Waals surface area contributed by atoms with Crippen LogP contribution in [0.3, 0.4) is 0 Å². The van der Waals surface area contributed by atoms with Gasteiger partial charge in [-0.1, -0.05) is 12.1 Å². The van der Waals surface area contributed by atoms with Gasteiger partial charge in [0.05, 0.1) is 27.9 Å². The van der Waals surface area contributed by atoms with E-state index in [2.05, 4.69) is 0 Å². The van der Waals surface area contributed by atoms with Gasteiger partial charge in [0.2, 0.25) is 0 Å². The third-order valence-electron chi connectivity index (χ3n) is 3.65. The molecule has 0 saturated heterocycles. The molecule has 1 N–H and O–H groups in total. The molecule has 2 heterocycles. The molecule has 7 heteroatoms. The van der Waals surface area contributed by atoms with Gasteiger partial charge >= 0.3 is 12.1 Å². The number of nitrogens with zero attached hydrogens (tertiary/aromatic N) is 2. The number of carboxylic acids is 1. The largest absolute Gasteiger partial charge is 0.478 e. The molecule has 0 bridgehead atoms. The first-order valence-corrected chi connectivity index (χ1v) is 6.77. The minimum Gasteiger partial charge on any atom is -0.478 e. The van der Waals surface area contributed by atoms with Crippen molar-refractivity contribution < 1.29 is 23.1 Å². The first-order chi connectivity index (χ1) is 11.3. The number of nitriles is 1. The Kier molecular flexibility index (Phi) is 3.53. The summed E-state index contributed by atoms with van der Waals surface area (Å²) in [6.07, 6.45) is -3.25. The number of rotatable bonds is 2. The van der Waals surface area contributed by atoms with E-state index in [1.54, 1.807) is 12.1 Å². The van der Waals surface area contributed by atoms with E-state index >= 15 is 0 Å². The molecule has 4 nitrogen and oxygen atoms in total. The highest BCUT2D eigenvalue weighted by molar-refractivity contribution is 5.88. The number of carboxylic acid groups (broad SMARTS) is 1. The van der Waals surface area contributed by atoms with Crippen molar-refractivity contribution in [1.82, 2.24) is 4.40 Å². The maximum Gasteiger partial charge on any atom is 0.416 e. The second-order valence-electron chi connectivity index (χ2n) is 5.11. The van der Waals surface area contributed by atoms with E-state index in [0.29, 0.717) is 11.3 Å². The van der Waals surface area contributed by atoms with Crippen molar-refractivity contribution in [3.63, 3.8) is 0 Å². The maximum absolute atomic E-state index is 12.9. The molecule has 0 radical (unpaired) electrons. The predicted molar refractivity (Wildman–Crippen MR) is 79.5 cm³/mol. The number of aromatic nitrogens is 1. The maximum atomic E-state index is 12.9. The number of carbonyl (C=O) groups is 1. The number of hydrogen-bond acceptors (Lipinski definition) is 2. The van der Waals surface area contributed by atoms with E-state index in [4.69, 9.17) is 5.11 Å². The van der Waals surface area contributed by atoms with E-state index in [1.807, 2.05) is 6.07 Å². The molecule has 0 aliphatic rings. The lowest BCUT2D eigenvalue weighted by molar-refractivity contribution is -0.137. The summed E-state index contributed by atoms with van der Waals surface area (Å²) < 4.78 is 40.0. The van der Waals surface area contributed by atoms with Gasteiger partial charge in [-0.05, 0) is 35.9 Å². The highest BCUT2D eigenvalue weighted by atomic mass is 19.4. The van der Waals surface area contributed by atoms with Crippen LogP contribution in [0, 0.1) is 11.3 Å². The molecule has 0 spiro atoms. The number of halogens is 3. The summed E-state index contributed by atoms with van der Waals surface area (Å²) in [7, 11) is 0. The van der Waals surface area contributed by atoms with Gasteiger partial charge in [-0.3, -0.25) is 0 Å². The van der Waals surface area contributed by atoms with Crippen molar-refractivity contribution in [2.24, 2.45) is 0 Å². The van der Waals surface area contributed by atoms with Crippen molar-refractivity contribution >= 4 is 11.5 Å².